The number of carbonyl (C=O) groups is 1. The second-order valence-electron chi connectivity index (χ2n) is 4.93. The minimum absolute atomic E-state index is 0.0151. The van der Waals surface area contributed by atoms with Crippen LogP contribution in [0.5, 0.6) is 0 Å². The minimum Gasteiger partial charge on any atom is -0.396 e. The average molecular weight is 302 g/mol. The van der Waals surface area contributed by atoms with Gasteiger partial charge in [-0.3, -0.25) is 4.79 Å². The molecule has 0 aromatic heterocycles. The number of amides is 1. The lowest BCUT2D eigenvalue weighted by Gasteiger charge is -2.31. The molecule has 1 aliphatic rings. The molecule has 0 spiro atoms. The van der Waals surface area contributed by atoms with Crippen molar-refractivity contribution in [1.29, 1.82) is 0 Å². The summed E-state index contributed by atoms with van der Waals surface area (Å²) in [5, 5.41) is 13.2. The highest BCUT2D eigenvalue weighted by Crippen LogP contribution is 2.25. The second-order valence-corrected chi connectivity index (χ2v) is 5.77. The van der Waals surface area contributed by atoms with Crippen LogP contribution in [0, 0.1) is 5.92 Å². The standard InChI is InChI=1S/C14H17Cl2NO2/c15-10-5-6-12(16)11(7-10)14(19)17-13-4-2-1-3-9(13)8-18/h5-7,9,13,18H,1-4,8H2,(H,17,19). The van der Waals surface area contributed by atoms with Crippen molar-refractivity contribution < 1.29 is 9.90 Å². The van der Waals surface area contributed by atoms with Crippen LogP contribution in [0.25, 0.3) is 0 Å². The van der Waals surface area contributed by atoms with Gasteiger partial charge < -0.3 is 10.4 Å². The molecule has 2 rings (SSSR count). The summed E-state index contributed by atoms with van der Waals surface area (Å²) >= 11 is 11.9. The number of rotatable bonds is 3. The number of halogens is 2. The van der Waals surface area contributed by atoms with Crippen molar-refractivity contribution in [3.05, 3.63) is 33.8 Å². The highest BCUT2D eigenvalue weighted by molar-refractivity contribution is 6.35. The van der Waals surface area contributed by atoms with Gasteiger partial charge in [-0.15, -0.1) is 0 Å². The maximum Gasteiger partial charge on any atom is 0.253 e. The molecular formula is C14H17Cl2NO2. The minimum atomic E-state index is -0.224. The number of aliphatic hydroxyl groups excluding tert-OH is 1. The van der Waals surface area contributed by atoms with Gasteiger partial charge in [-0.1, -0.05) is 36.0 Å². The summed E-state index contributed by atoms with van der Waals surface area (Å²) in [5.41, 5.74) is 0.386. The van der Waals surface area contributed by atoms with Crippen LogP contribution in [0.1, 0.15) is 36.0 Å². The molecule has 0 saturated heterocycles. The van der Waals surface area contributed by atoms with E-state index in [1.165, 1.54) is 0 Å². The fourth-order valence-electron chi connectivity index (χ4n) is 2.53. The number of hydrogen-bond donors (Lipinski definition) is 2. The molecule has 19 heavy (non-hydrogen) atoms. The molecule has 104 valence electrons. The van der Waals surface area contributed by atoms with Gasteiger partial charge in [0.25, 0.3) is 5.91 Å². The van der Waals surface area contributed by atoms with Crippen LogP contribution < -0.4 is 5.32 Å². The zero-order valence-electron chi connectivity index (χ0n) is 10.5. The molecule has 0 bridgehead atoms. The van der Waals surface area contributed by atoms with Crippen LogP contribution in [0.3, 0.4) is 0 Å². The van der Waals surface area contributed by atoms with Crippen LogP contribution in [0.2, 0.25) is 10.0 Å². The summed E-state index contributed by atoms with van der Waals surface area (Å²) in [7, 11) is 0. The maximum absolute atomic E-state index is 12.2. The van der Waals surface area contributed by atoms with E-state index in [1.54, 1.807) is 18.2 Å². The van der Waals surface area contributed by atoms with Crippen LogP contribution in [-0.2, 0) is 0 Å². The Morgan fingerprint density at radius 2 is 2.05 bits per heavy atom. The molecule has 2 N–H and O–H groups in total. The topological polar surface area (TPSA) is 49.3 Å². The summed E-state index contributed by atoms with van der Waals surface area (Å²) in [6.07, 6.45) is 4.03. The van der Waals surface area contributed by atoms with Crippen molar-refractivity contribution in [3.63, 3.8) is 0 Å². The van der Waals surface area contributed by atoms with Gasteiger partial charge in [0.2, 0.25) is 0 Å². The van der Waals surface area contributed by atoms with Crippen molar-refractivity contribution in [1.82, 2.24) is 5.32 Å². The van der Waals surface area contributed by atoms with Crippen LogP contribution in [-0.4, -0.2) is 23.7 Å². The number of nitrogens with one attached hydrogen (secondary N) is 1. The fourth-order valence-corrected chi connectivity index (χ4v) is 2.91. The molecule has 0 aliphatic heterocycles. The van der Waals surface area contributed by atoms with Crippen molar-refractivity contribution in [3.8, 4) is 0 Å². The first-order valence-electron chi connectivity index (χ1n) is 6.48. The van der Waals surface area contributed by atoms with E-state index >= 15 is 0 Å². The lowest BCUT2D eigenvalue weighted by atomic mass is 9.85. The van der Waals surface area contributed by atoms with E-state index < -0.39 is 0 Å². The maximum atomic E-state index is 12.2. The van der Waals surface area contributed by atoms with Crippen LogP contribution in [0.4, 0.5) is 0 Å². The highest BCUT2D eigenvalue weighted by atomic mass is 35.5. The molecule has 1 fully saturated rings. The molecular weight excluding hydrogens is 285 g/mol. The van der Waals surface area contributed by atoms with Crippen molar-refractivity contribution in [2.24, 2.45) is 5.92 Å². The summed E-state index contributed by atoms with van der Waals surface area (Å²) in [6, 6.07) is 4.85. The monoisotopic (exact) mass is 301 g/mol. The lowest BCUT2D eigenvalue weighted by molar-refractivity contribution is 0.0873. The predicted octanol–water partition coefficient (Wildman–Crippen LogP) is 3.27. The van der Waals surface area contributed by atoms with Crippen LogP contribution in [0.15, 0.2) is 18.2 Å². The van der Waals surface area contributed by atoms with Gasteiger partial charge in [0.1, 0.15) is 0 Å². The largest absolute Gasteiger partial charge is 0.396 e. The number of carbonyl (C=O) groups excluding carboxylic acids is 1. The smallest absolute Gasteiger partial charge is 0.253 e. The molecule has 2 unspecified atom stereocenters. The molecule has 3 nitrogen and oxygen atoms in total. The Kier molecular flexibility index (Phi) is 5.08. The molecule has 5 heteroatoms. The Labute approximate surface area is 122 Å². The van der Waals surface area contributed by atoms with E-state index in [9.17, 15) is 9.90 Å². The van der Waals surface area contributed by atoms with E-state index in [1.807, 2.05) is 0 Å². The van der Waals surface area contributed by atoms with E-state index in [4.69, 9.17) is 23.2 Å². The Morgan fingerprint density at radius 3 is 2.79 bits per heavy atom. The van der Waals surface area contributed by atoms with E-state index in [0.717, 1.165) is 25.7 Å². The van der Waals surface area contributed by atoms with Gasteiger partial charge in [0, 0.05) is 23.6 Å². The fraction of sp³-hybridized carbons (Fsp3) is 0.500. The van der Waals surface area contributed by atoms with Gasteiger partial charge in [-0.05, 0) is 31.0 Å². The van der Waals surface area contributed by atoms with E-state index in [-0.39, 0.29) is 24.5 Å². The number of benzene rings is 1. The molecule has 0 heterocycles. The number of aliphatic hydroxyl groups is 1. The average Bonchev–Trinajstić information content (AvgIpc) is 2.42. The molecule has 1 aromatic carbocycles. The third-order valence-electron chi connectivity index (χ3n) is 3.63. The SMILES string of the molecule is O=C(NC1CCCCC1CO)c1cc(Cl)ccc1Cl. The Hall–Kier alpha value is -0.770. The third kappa shape index (κ3) is 3.62. The quantitative estimate of drug-likeness (QED) is 0.900. The zero-order chi connectivity index (χ0) is 13.8. The summed E-state index contributed by atoms with van der Waals surface area (Å²) < 4.78 is 0. The zero-order valence-corrected chi connectivity index (χ0v) is 12.0. The molecule has 1 aliphatic carbocycles. The number of hydrogen-bond acceptors (Lipinski definition) is 2. The summed E-state index contributed by atoms with van der Waals surface area (Å²) in [4.78, 5) is 12.2. The van der Waals surface area contributed by atoms with Gasteiger partial charge in [-0.25, -0.2) is 0 Å². The van der Waals surface area contributed by atoms with Crippen molar-refractivity contribution in [2.75, 3.05) is 6.61 Å². The summed E-state index contributed by atoms with van der Waals surface area (Å²) in [6.45, 7) is 0.105. The highest BCUT2D eigenvalue weighted by Gasteiger charge is 2.26. The summed E-state index contributed by atoms with van der Waals surface area (Å²) in [5.74, 6) is -0.0893. The molecule has 1 saturated carbocycles. The van der Waals surface area contributed by atoms with Crippen molar-refractivity contribution >= 4 is 29.1 Å². The van der Waals surface area contributed by atoms with Gasteiger partial charge in [0.05, 0.1) is 10.6 Å². The first-order valence-corrected chi connectivity index (χ1v) is 7.24. The molecule has 0 radical (unpaired) electrons. The van der Waals surface area contributed by atoms with E-state index in [0.29, 0.717) is 15.6 Å². The molecule has 1 aromatic rings. The first-order chi connectivity index (χ1) is 9.11. The van der Waals surface area contributed by atoms with Crippen LogP contribution >= 0.6 is 23.2 Å². The van der Waals surface area contributed by atoms with Crippen molar-refractivity contribution in [2.45, 2.75) is 31.7 Å². The lowest BCUT2D eigenvalue weighted by Crippen LogP contribution is -2.43. The normalized spacial score (nSPS) is 23.1. The van der Waals surface area contributed by atoms with Gasteiger partial charge in [0.15, 0.2) is 0 Å². The Balaban J connectivity index is 2.09. The Morgan fingerprint density at radius 1 is 1.32 bits per heavy atom. The van der Waals surface area contributed by atoms with Gasteiger partial charge in [-0.2, -0.15) is 0 Å². The second kappa shape index (κ2) is 6.60. The Bertz CT molecular complexity index is 465. The molecule has 1 amide bonds. The van der Waals surface area contributed by atoms with E-state index in [2.05, 4.69) is 5.32 Å². The van der Waals surface area contributed by atoms with Gasteiger partial charge >= 0.3 is 0 Å². The predicted molar refractivity (Wildman–Crippen MR) is 76.8 cm³/mol. The molecule has 2 atom stereocenters. The third-order valence-corrected chi connectivity index (χ3v) is 4.20. The first kappa shape index (κ1) is 14.6.